The van der Waals surface area contributed by atoms with Gasteiger partial charge in [-0.15, -0.1) is 0 Å². The van der Waals surface area contributed by atoms with Gasteiger partial charge in [0.25, 0.3) is 0 Å². The maximum absolute atomic E-state index is 6.04. The Balaban J connectivity index is 1.47. The van der Waals surface area contributed by atoms with E-state index < -0.39 is 0 Å². The van der Waals surface area contributed by atoms with Crippen LogP contribution in [0.5, 0.6) is 11.5 Å². The van der Waals surface area contributed by atoms with Gasteiger partial charge in [0, 0.05) is 12.1 Å². The molecule has 1 aliphatic heterocycles. The number of hydrogen-bond acceptors (Lipinski definition) is 6. The molecule has 0 atom stereocenters. The van der Waals surface area contributed by atoms with Crippen molar-refractivity contribution < 1.29 is 38.7 Å². The van der Waals surface area contributed by atoms with E-state index in [1.165, 1.54) is 10.9 Å². The van der Waals surface area contributed by atoms with Gasteiger partial charge in [0.05, 0.1) is 58.2 Å². The largest absolute Gasteiger partial charge is 0.487 e. The van der Waals surface area contributed by atoms with Crippen LogP contribution in [0.3, 0.4) is 0 Å². The summed E-state index contributed by atoms with van der Waals surface area (Å²) in [6, 6.07) is 16.6. The van der Waals surface area contributed by atoms with Crippen molar-refractivity contribution in [1.82, 2.24) is 0 Å². The fraction of sp³-hybridized carbons (Fsp3) is 0.414. The molecule has 0 saturated carbocycles. The van der Waals surface area contributed by atoms with Crippen LogP contribution in [0.2, 0.25) is 0 Å². The number of quaternary nitrogens is 1. The topological polar surface area (TPSA) is 86.9 Å². The van der Waals surface area contributed by atoms with E-state index in [1.54, 1.807) is 0 Å². The van der Waals surface area contributed by atoms with Crippen molar-refractivity contribution in [2.24, 2.45) is 0 Å². The molecule has 0 fully saturated rings. The molecule has 1 aromatic heterocycles. The molecule has 3 N–H and O–H groups in total. The third-order valence-corrected chi connectivity index (χ3v) is 5.87. The maximum atomic E-state index is 6.04. The van der Waals surface area contributed by atoms with Crippen LogP contribution in [-0.2, 0) is 25.5 Å². The highest BCUT2D eigenvalue weighted by Crippen LogP contribution is 2.29. The molecule has 8 nitrogen and oxygen atoms in total. The fourth-order valence-corrected chi connectivity index (χ4v) is 4.05. The highest BCUT2D eigenvalue weighted by molar-refractivity contribution is 5.88. The predicted octanol–water partition coefficient (Wildman–Crippen LogP) is 2.38. The Bertz CT molecular complexity index is 1140. The standard InChI is InChI=1S/C29H37N2O6/c30-10-12-31-11-9-25(26-3-1-2-4-27(26)31)7-5-24-6-8-28-29(23-24)37-22-20-35-18-16-33-14-13-32-15-17-34-19-21-36-28/h1-9,11,23H,10,12-22,30H2/q+1/p+1/b7-5+. The number of para-hydroxylation sites is 1. The highest BCUT2D eigenvalue weighted by atomic mass is 16.6. The van der Waals surface area contributed by atoms with Gasteiger partial charge in [0.15, 0.2) is 24.2 Å². The van der Waals surface area contributed by atoms with Crippen LogP contribution >= 0.6 is 0 Å². The summed E-state index contributed by atoms with van der Waals surface area (Å²) in [7, 11) is 0. The second-order valence-electron chi connectivity index (χ2n) is 8.52. The first-order chi connectivity index (χ1) is 18.3. The van der Waals surface area contributed by atoms with Crippen LogP contribution in [0.4, 0.5) is 0 Å². The lowest BCUT2D eigenvalue weighted by atomic mass is 10.1. The van der Waals surface area contributed by atoms with E-state index in [0.717, 1.165) is 24.2 Å². The summed E-state index contributed by atoms with van der Waals surface area (Å²) in [6.45, 7) is 6.69. The molecule has 2 heterocycles. The molecule has 0 amide bonds. The van der Waals surface area contributed by atoms with Crippen LogP contribution in [0.25, 0.3) is 23.1 Å². The average Bonchev–Trinajstić information content (AvgIpc) is 2.93. The molecular formula is C29H38N2O6+2. The number of hydrogen-bond donors (Lipinski definition) is 1. The second kappa shape index (κ2) is 15.3. The van der Waals surface area contributed by atoms with Gasteiger partial charge < -0.3 is 34.2 Å². The van der Waals surface area contributed by atoms with Crippen LogP contribution in [0, 0.1) is 0 Å². The van der Waals surface area contributed by atoms with Crippen molar-refractivity contribution in [1.29, 1.82) is 0 Å². The summed E-state index contributed by atoms with van der Waals surface area (Å²) in [5, 5.41) is 1.21. The molecule has 8 heteroatoms. The van der Waals surface area contributed by atoms with E-state index in [4.69, 9.17) is 28.4 Å². The van der Waals surface area contributed by atoms with Crippen LogP contribution < -0.4 is 19.8 Å². The van der Waals surface area contributed by atoms with Crippen molar-refractivity contribution in [2.75, 3.05) is 72.6 Å². The lowest BCUT2D eigenvalue weighted by molar-refractivity contribution is -0.688. The number of rotatable bonds is 4. The first-order valence-electron chi connectivity index (χ1n) is 12.9. The zero-order valence-corrected chi connectivity index (χ0v) is 21.4. The zero-order valence-electron chi connectivity index (χ0n) is 21.4. The quantitative estimate of drug-likeness (QED) is 0.543. The molecule has 2 aromatic carbocycles. The minimum absolute atomic E-state index is 0.415. The van der Waals surface area contributed by atoms with Gasteiger partial charge in [-0.2, -0.15) is 4.57 Å². The van der Waals surface area contributed by atoms with Gasteiger partial charge in [-0.05, 0) is 29.3 Å². The Morgan fingerprint density at radius 3 is 1.97 bits per heavy atom. The average molecular weight is 511 g/mol. The molecular weight excluding hydrogens is 472 g/mol. The number of ether oxygens (including phenoxy) is 6. The van der Waals surface area contributed by atoms with E-state index in [2.05, 4.69) is 59.0 Å². The fourth-order valence-electron chi connectivity index (χ4n) is 4.05. The molecule has 0 unspecified atom stereocenters. The molecule has 0 saturated heterocycles. The van der Waals surface area contributed by atoms with E-state index in [1.807, 2.05) is 18.2 Å². The van der Waals surface area contributed by atoms with Crippen molar-refractivity contribution >= 4 is 23.1 Å². The van der Waals surface area contributed by atoms with E-state index in [0.29, 0.717) is 77.6 Å². The monoisotopic (exact) mass is 510 g/mol. The van der Waals surface area contributed by atoms with E-state index >= 15 is 0 Å². The van der Waals surface area contributed by atoms with E-state index in [9.17, 15) is 0 Å². The SMILES string of the molecule is [NH3+]CC[n+]1ccc(/C=C/c2ccc3c(c2)OCCOCCOCCOCCOCCO3)c2ccccc21. The molecule has 0 aliphatic carbocycles. The molecule has 1 aliphatic rings. The number of aromatic nitrogens is 1. The van der Waals surface area contributed by atoms with Crippen molar-refractivity contribution in [2.45, 2.75) is 6.54 Å². The number of nitrogens with zero attached hydrogens (tertiary/aromatic N) is 1. The van der Waals surface area contributed by atoms with Crippen molar-refractivity contribution in [3.05, 3.63) is 65.9 Å². The maximum Gasteiger partial charge on any atom is 0.213 e. The third kappa shape index (κ3) is 8.52. The van der Waals surface area contributed by atoms with Gasteiger partial charge in [-0.3, -0.25) is 0 Å². The van der Waals surface area contributed by atoms with Crippen LogP contribution in [-0.4, -0.2) is 72.6 Å². The molecule has 0 spiro atoms. The summed E-state index contributed by atoms with van der Waals surface area (Å²) in [4.78, 5) is 0. The molecule has 0 bridgehead atoms. The molecule has 37 heavy (non-hydrogen) atoms. The molecule has 198 valence electrons. The minimum Gasteiger partial charge on any atom is -0.487 e. The zero-order chi connectivity index (χ0) is 25.5. The third-order valence-electron chi connectivity index (χ3n) is 5.87. The van der Waals surface area contributed by atoms with Gasteiger partial charge in [0.2, 0.25) is 5.52 Å². The van der Waals surface area contributed by atoms with Gasteiger partial charge in [0.1, 0.15) is 19.8 Å². The summed E-state index contributed by atoms with van der Waals surface area (Å²) in [5.74, 6) is 1.36. The Kier molecular flexibility index (Phi) is 11.2. The Labute approximate surface area is 218 Å². The van der Waals surface area contributed by atoms with Gasteiger partial charge in [-0.25, -0.2) is 0 Å². The lowest BCUT2D eigenvalue weighted by Gasteiger charge is -2.14. The first-order valence-corrected chi connectivity index (χ1v) is 12.9. The number of pyridine rings is 1. The minimum atomic E-state index is 0.415. The summed E-state index contributed by atoms with van der Waals surface area (Å²) >= 11 is 0. The van der Waals surface area contributed by atoms with Crippen LogP contribution in [0.15, 0.2) is 54.7 Å². The van der Waals surface area contributed by atoms with Crippen molar-refractivity contribution in [3.63, 3.8) is 0 Å². The summed E-state index contributed by atoms with van der Waals surface area (Å²) in [6.07, 6.45) is 6.36. The smallest absolute Gasteiger partial charge is 0.213 e. The predicted molar refractivity (Wildman–Crippen MR) is 142 cm³/mol. The van der Waals surface area contributed by atoms with Crippen molar-refractivity contribution in [3.8, 4) is 11.5 Å². The first kappa shape index (κ1) is 27.0. The highest BCUT2D eigenvalue weighted by Gasteiger charge is 2.11. The van der Waals surface area contributed by atoms with E-state index in [-0.39, 0.29) is 0 Å². The van der Waals surface area contributed by atoms with Gasteiger partial charge in [-0.1, -0.05) is 30.4 Å². The Morgan fingerprint density at radius 1 is 0.676 bits per heavy atom. The number of benzene rings is 2. The summed E-state index contributed by atoms with van der Waals surface area (Å²) in [5.41, 5.74) is 7.37. The molecule has 0 radical (unpaired) electrons. The van der Waals surface area contributed by atoms with Crippen LogP contribution in [0.1, 0.15) is 11.1 Å². The molecule has 3 aromatic rings. The number of fused-ring (bicyclic) bond motifs is 2. The molecule has 4 rings (SSSR count). The Morgan fingerprint density at radius 2 is 1.30 bits per heavy atom. The lowest BCUT2D eigenvalue weighted by Crippen LogP contribution is -2.56. The Hall–Kier alpha value is -3.01. The second-order valence-corrected chi connectivity index (χ2v) is 8.52. The van der Waals surface area contributed by atoms with Gasteiger partial charge >= 0.3 is 0 Å². The summed E-state index contributed by atoms with van der Waals surface area (Å²) < 4.78 is 36.5. The normalized spacial score (nSPS) is 16.9.